The van der Waals surface area contributed by atoms with E-state index in [-0.39, 0.29) is 0 Å². The van der Waals surface area contributed by atoms with Crippen LogP contribution in [0.2, 0.25) is 0 Å². The number of rotatable bonds is 16. The summed E-state index contributed by atoms with van der Waals surface area (Å²) >= 11 is 0. The molecule has 0 bridgehead atoms. The lowest BCUT2D eigenvalue weighted by molar-refractivity contribution is -0.137. The van der Waals surface area contributed by atoms with E-state index in [0.717, 1.165) is 12.8 Å². The van der Waals surface area contributed by atoms with Crippen molar-refractivity contribution in [2.45, 2.75) is 109 Å². The normalized spacial score (nSPS) is 20.2. The minimum Gasteiger partial charge on any atom is -0.481 e. The van der Waals surface area contributed by atoms with Crippen molar-refractivity contribution in [2.75, 3.05) is 0 Å². The SMILES string of the molecule is CC[C@@H]1O[C@@H]1CCCC/C=C\CCCCCCCCCC(=O)O. The lowest BCUT2D eigenvalue weighted by atomic mass is 10.1. The molecule has 0 aromatic carbocycles. The van der Waals surface area contributed by atoms with E-state index in [9.17, 15) is 4.79 Å². The smallest absolute Gasteiger partial charge is 0.303 e. The van der Waals surface area contributed by atoms with Gasteiger partial charge in [-0.3, -0.25) is 4.79 Å². The molecule has 1 fully saturated rings. The average molecular weight is 325 g/mol. The second-order valence-corrected chi connectivity index (χ2v) is 6.78. The Balaban J connectivity index is 1.71. The molecule has 0 aromatic heterocycles. The fourth-order valence-corrected chi connectivity index (χ4v) is 3.06. The highest BCUT2D eigenvalue weighted by atomic mass is 16.6. The van der Waals surface area contributed by atoms with Crippen molar-refractivity contribution in [3.05, 3.63) is 12.2 Å². The van der Waals surface area contributed by atoms with Crippen molar-refractivity contribution in [1.82, 2.24) is 0 Å². The van der Waals surface area contributed by atoms with Gasteiger partial charge in [0.05, 0.1) is 12.2 Å². The molecule has 1 N–H and O–H groups in total. The van der Waals surface area contributed by atoms with E-state index in [2.05, 4.69) is 19.1 Å². The standard InChI is InChI=1S/C20H36O3/c1-2-18-19(23-18)16-14-12-10-8-6-4-3-5-7-9-11-13-15-17-20(21)22/h6,8,18-19H,2-5,7,9-17H2,1H3,(H,21,22)/b8-6-/t18-,19+/m0/s1. The molecular formula is C20H36O3. The molecular weight excluding hydrogens is 288 g/mol. The zero-order valence-electron chi connectivity index (χ0n) is 15.0. The molecule has 2 atom stereocenters. The van der Waals surface area contributed by atoms with Gasteiger partial charge in [-0.15, -0.1) is 0 Å². The summed E-state index contributed by atoms with van der Waals surface area (Å²) in [6.45, 7) is 2.20. The minimum absolute atomic E-state index is 0.331. The predicted octanol–water partition coefficient (Wildman–Crippen LogP) is 5.88. The molecule has 0 spiro atoms. The molecule has 1 aliphatic rings. The van der Waals surface area contributed by atoms with Gasteiger partial charge in [0, 0.05) is 6.42 Å². The highest BCUT2D eigenvalue weighted by Crippen LogP contribution is 2.29. The summed E-state index contributed by atoms with van der Waals surface area (Å²) in [5.41, 5.74) is 0. The van der Waals surface area contributed by atoms with Gasteiger partial charge in [-0.2, -0.15) is 0 Å². The highest BCUT2D eigenvalue weighted by Gasteiger charge is 2.35. The van der Waals surface area contributed by atoms with E-state index in [1.54, 1.807) is 0 Å². The summed E-state index contributed by atoms with van der Waals surface area (Å²) in [4.78, 5) is 10.4. The number of carbonyl (C=O) groups is 1. The minimum atomic E-state index is -0.664. The Bertz CT molecular complexity index is 325. The maximum absolute atomic E-state index is 10.4. The fourth-order valence-electron chi connectivity index (χ4n) is 3.06. The quantitative estimate of drug-likeness (QED) is 0.219. The third-order valence-corrected chi connectivity index (χ3v) is 4.63. The molecule has 3 heteroatoms. The maximum Gasteiger partial charge on any atom is 0.303 e. The molecule has 0 aliphatic carbocycles. The summed E-state index contributed by atoms with van der Waals surface area (Å²) < 4.78 is 5.55. The lowest BCUT2D eigenvalue weighted by Crippen LogP contribution is -1.93. The van der Waals surface area contributed by atoms with Crippen molar-refractivity contribution in [3.63, 3.8) is 0 Å². The van der Waals surface area contributed by atoms with Gasteiger partial charge in [0.2, 0.25) is 0 Å². The summed E-state index contributed by atoms with van der Waals surface area (Å²) in [7, 11) is 0. The van der Waals surface area contributed by atoms with E-state index in [4.69, 9.17) is 9.84 Å². The molecule has 1 heterocycles. The predicted molar refractivity (Wildman–Crippen MR) is 95.7 cm³/mol. The number of hydrogen-bond acceptors (Lipinski definition) is 2. The van der Waals surface area contributed by atoms with Crippen LogP contribution >= 0.6 is 0 Å². The van der Waals surface area contributed by atoms with Crippen molar-refractivity contribution in [2.24, 2.45) is 0 Å². The molecule has 0 amide bonds. The zero-order chi connectivity index (χ0) is 16.8. The first-order chi connectivity index (χ1) is 11.2. The van der Waals surface area contributed by atoms with Crippen LogP contribution in [-0.2, 0) is 9.53 Å². The second kappa shape index (κ2) is 13.6. The molecule has 1 rings (SSSR count). The Labute approximate surface area is 142 Å². The summed E-state index contributed by atoms with van der Waals surface area (Å²) in [6, 6.07) is 0. The monoisotopic (exact) mass is 324 g/mol. The maximum atomic E-state index is 10.4. The van der Waals surface area contributed by atoms with Gasteiger partial charge in [0.15, 0.2) is 0 Å². The summed E-state index contributed by atoms with van der Waals surface area (Å²) in [5, 5.41) is 8.54. The highest BCUT2D eigenvalue weighted by molar-refractivity contribution is 5.66. The van der Waals surface area contributed by atoms with Gasteiger partial charge in [-0.25, -0.2) is 0 Å². The number of allylic oxidation sites excluding steroid dienone is 2. The Morgan fingerprint density at radius 2 is 1.43 bits per heavy atom. The van der Waals surface area contributed by atoms with Crippen LogP contribution in [0.25, 0.3) is 0 Å². The van der Waals surface area contributed by atoms with Gasteiger partial charge < -0.3 is 9.84 Å². The first kappa shape index (κ1) is 20.2. The van der Waals surface area contributed by atoms with Crippen LogP contribution in [0.4, 0.5) is 0 Å². The van der Waals surface area contributed by atoms with Crippen LogP contribution < -0.4 is 0 Å². The van der Waals surface area contributed by atoms with Gasteiger partial charge >= 0.3 is 5.97 Å². The number of carboxylic acid groups (broad SMARTS) is 1. The molecule has 0 aromatic rings. The first-order valence-corrected chi connectivity index (χ1v) is 9.76. The Kier molecular flexibility index (Phi) is 11.9. The number of carboxylic acids is 1. The van der Waals surface area contributed by atoms with E-state index in [1.807, 2.05) is 0 Å². The summed E-state index contributed by atoms with van der Waals surface area (Å²) in [6.07, 6.45) is 21.8. The summed E-state index contributed by atoms with van der Waals surface area (Å²) in [5.74, 6) is -0.664. The van der Waals surface area contributed by atoms with Crippen molar-refractivity contribution in [3.8, 4) is 0 Å². The van der Waals surface area contributed by atoms with Crippen LogP contribution in [-0.4, -0.2) is 23.3 Å². The molecule has 134 valence electrons. The zero-order valence-corrected chi connectivity index (χ0v) is 15.0. The molecule has 0 radical (unpaired) electrons. The van der Waals surface area contributed by atoms with Crippen LogP contribution in [0.15, 0.2) is 12.2 Å². The molecule has 23 heavy (non-hydrogen) atoms. The van der Waals surface area contributed by atoms with E-state index < -0.39 is 5.97 Å². The molecule has 0 saturated carbocycles. The largest absolute Gasteiger partial charge is 0.481 e. The third kappa shape index (κ3) is 12.3. The Morgan fingerprint density at radius 1 is 0.870 bits per heavy atom. The van der Waals surface area contributed by atoms with Gasteiger partial charge in [-0.05, 0) is 44.9 Å². The molecule has 0 unspecified atom stereocenters. The van der Waals surface area contributed by atoms with Crippen molar-refractivity contribution < 1.29 is 14.6 Å². The van der Waals surface area contributed by atoms with Gasteiger partial charge in [-0.1, -0.05) is 57.6 Å². The van der Waals surface area contributed by atoms with E-state index in [0.29, 0.717) is 18.6 Å². The van der Waals surface area contributed by atoms with E-state index >= 15 is 0 Å². The number of epoxide rings is 1. The second-order valence-electron chi connectivity index (χ2n) is 6.78. The van der Waals surface area contributed by atoms with E-state index in [1.165, 1.54) is 70.6 Å². The number of aliphatic carboxylic acids is 1. The number of ether oxygens (including phenoxy) is 1. The Morgan fingerprint density at radius 3 is 2.00 bits per heavy atom. The van der Waals surface area contributed by atoms with Crippen LogP contribution in [0, 0.1) is 0 Å². The van der Waals surface area contributed by atoms with Gasteiger partial charge in [0.1, 0.15) is 0 Å². The van der Waals surface area contributed by atoms with Crippen LogP contribution in [0.5, 0.6) is 0 Å². The van der Waals surface area contributed by atoms with Gasteiger partial charge in [0.25, 0.3) is 0 Å². The third-order valence-electron chi connectivity index (χ3n) is 4.63. The topological polar surface area (TPSA) is 49.8 Å². The Hall–Kier alpha value is -0.830. The van der Waals surface area contributed by atoms with Crippen molar-refractivity contribution in [1.29, 1.82) is 0 Å². The molecule has 1 aliphatic heterocycles. The fraction of sp³-hybridized carbons (Fsp3) is 0.850. The molecule has 3 nitrogen and oxygen atoms in total. The average Bonchev–Trinajstić information content (AvgIpc) is 3.29. The first-order valence-electron chi connectivity index (χ1n) is 9.76. The number of unbranched alkanes of at least 4 members (excludes halogenated alkanes) is 9. The lowest BCUT2D eigenvalue weighted by Gasteiger charge is -2.00. The molecule has 1 saturated heterocycles. The van der Waals surface area contributed by atoms with Crippen LogP contribution in [0.3, 0.4) is 0 Å². The van der Waals surface area contributed by atoms with Crippen molar-refractivity contribution >= 4 is 5.97 Å². The van der Waals surface area contributed by atoms with Crippen LogP contribution in [0.1, 0.15) is 96.8 Å². The number of hydrogen-bond donors (Lipinski definition) is 1.